The van der Waals surface area contributed by atoms with Crippen LogP contribution in [0.4, 0.5) is 0 Å². The van der Waals surface area contributed by atoms with Crippen molar-refractivity contribution in [2.45, 2.75) is 64.2 Å². The maximum Gasteiger partial charge on any atom is 0.0577 e. The Kier molecular flexibility index (Phi) is 4.24. The number of aryl methyl sites for hydroxylation is 1. The SMILES string of the molecule is Cc1cn(S(C(C)C)(C(C)C)C(C)C)c2ccccc12. The third kappa shape index (κ3) is 2.09. The molecule has 0 aliphatic rings. The highest BCUT2D eigenvalue weighted by Gasteiger charge is 2.37. The molecular formula is C18H29NS. The Labute approximate surface area is 125 Å². The van der Waals surface area contributed by atoms with Crippen LogP contribution >= 0.6 is 10.2 Å². The lowest BCUT2D eigenvalue weighted by Crippen LogP contribution is -2.33. The summed E-state index contributed by atoms with van der Waals surface area (Å²) >= 11 is 0. The first kappa shape index (κ1) is 15.5. The van der Waals surface area contributed by atoms with Gasteiger partial charge < -0.3 is 3.97 Å². The highest BCUT2D eigenvalue weighted by Crippen LogP contribution is 2.62. The summed E-state index contributed by atoms with van der Waals surface area (Å²) < 4.78 is 2.65. The average Bonchev–Trinajstić information content (AvgIpc) is 2.67. The number of para-hydroxylation sites is 1. The Hall–Kier alpha value is -0.890. The Bertz CT molecular complexity index is 571. The molecule has 2 aromatic rings. The monoisotopic (exact) mass is 291 g/mol. The number of fused-ring (bicyclic) bond motifs is 1. The third-order valence-electron chi connectivity index (χ3n) is 4.48. The summed E-state index contributed by atoms with van der Waals surface area (Å²) in [4.78, 5) is 0. The van der Waals surface area contributed by atoms with Crippen LogP contribution in [0, 0.1) is 6.92 Å². The van der Waals surface area contributed by atoms with Gasteiger partial charge >= 0.3 is 0 Å². The molecule has 0 unspecified atom stereocenters. The van der Waals surface area contributed by atoms with E-state index in [2.05, 4.69) is 82.9 Å². The fraction of sp³-hybridized carbons (Fsp3) is 0.556. The molecule has 0 N–H and O–H groups in total. The van der Waals surface area contributed by atoms with Crippen molar-refractivity contribution < 1.29 is 0 Å². The van der Waals surface area contributed by atoms with Gasteiger partial charge in [-0.15, -0.1) is 0 Å². The zero-order valence-electron chi connectivity index (χ0n) is 14.0. The lowest BCUT2D eigenvalue weighted by molar-refractivity contribution is 0.914. The van der Waals surface area contributed by atoms with Crippen molar-refractivity contribution in [2.75, 3.05) is 0 Å². The summed E-state index contributed by atoms with van der Waals surface area (Å²) in [7, 11) is -0.914. The molecule has 1 aromatic carbocycles. The van der Waals surface area contributed by atoms with Crippen LogP contribution in [-0.2, 0) is 0 Å². The lowest BCUT2D eigenvalue weighted by Gasteiger charge is -2.52. The summed E-state index contributed by atoms with van der Waals surface area (Å²) in [6, 6.07) is 8.86. The normalized spacial score (nSPS) is 13.9. The summed E-state index contributed by atoms with van der Waals surface area (Å²) in [6.45, 7) is 16.7. The molecule has 112 valence electrons. The van der Waals surface area contributed by atoms with Crippen molar-refractivity contribution in [1.29, 1.82) is 0 Å². The maximum atomic E-state index is 2.65. The molecule has 1 aromatic heterocycles. The zero-order valence-corrected chi connectivity index (χ0v) is 14.8. The first-order chi connectivity index (χ1) is 9.33. The van der Waals surface area contributed by atoms with E-state index in [0.29, 0.717) is 15.7 Å². The standard InChI is InChI=1S/C18H29NS/c1-13(2)20(14(3)4,15(5)6)19-12-16(7)17-10-8-9-11-18(17)19/h8-15H,1-7H3. The van der Waals surface area contributed by atoms with Gasteiger partial charge in [0, 0.05) is 27.3 Å². The Morgan fingerprint density at radius 3 is 1.85 bits per heavy atom. The molecule has 0 aliphatic carbocycles. The largest absolute Gasteiger partial charge is 0.309 e. The number of hydrogen-bond acceptors (Lipinski definition) is 0. The minimum absolute atomic E-state index is 0.678. The molecule has 2 rings (SSSR count). The van der Waals surface area contributed by atoms with Gasteiger partial charge in [-0.05, 0) is 18.6 Å². The molecular weight excluding hydrogens is 262 g/mol. The lowest BCUT2D eigenvalue weighted by atomic mass is 10.2. The van der Waals surface area contributed by atoms with E-state index >= 15 is 0 Å². The molecule has 0 spiro atoms. The van der Waals surface area contributed by atoms with E-state index in [1.807, 2.05) is 0 Å². The summed E-state index contributed by atoms with van der Waals surface area (Å²) in [5.74, 6) is 0. The van der Waals surface area contributed by atoms with Gasteiger partial charge in [0.1, 0.15) is 0 Å². The minimum atomic E-state index is -0.914. The van der Waals surface area contributed by atoms with Gasteiger partial charge in [-0.25, -0.2) is 0 Å². The molecule has 1 heterocycles. The van der Waals surface area contributed by atoms with Crippen LogP contribution in [0.5, 0.6) is 0 Å². The van der Waals surface area contributed by atoms with E-state index in [4.69, 9.17) is 0 Å². The highest BCUT2D eigenvalue weighted by atomic mass is 32.3. The van der Waals surface area contributed by atoms with Crippen molar-refractivity contribution in [1.82, 2.24) is 3.97 Å². The maximum absolute atomic E-state index is 2.65. The molecule has 20 heavy (non-hydrogen) atoms. The van der Waals surface area contributed by atoms with Gasteiger partial charge in [0.05, 0.1) is 5.52 Å². The Morgan fingerprint density at radius 1 is 0.850 bits per heavy atom. The number of benzene rings is 1. The second-order valence-electron chi connectivity index (χ2n) is 6.53. The molecule has 0 fully saturated rings. The second kappa shape index (κ2) is 5.48. The number of nitrogens with zero attached hydrogens (tertiary/aromatic N) is 1. The van der Waals surface area contributed by atoms with Gasteiger partial charge in [0.25, 0.3) is 0 Å². The fourth-order valence-electron chi connectivity index (χ4n) is 3.89. The molecule has 0 radical (unpaired) electrons. The number of hydrogen-bond donors (Lipinski definition) is 0. The van der Waals surface area contributed by atoms with Crippen molar-refractivity contribution in [3.8, 4) is 0 Å². The van der Waals surface area contributed by atoms with Crippen molar-refractivity contribution in [2.24, 2.45) is 0 Å². The highest BCUT2D eigenvalue weighted by molar-refractivity contribution is 8.33. The topological polar surface area (TPSA) is 4.93 Å². The molecule has 0 saturated heterocycles. The molecule has 1 nitrogen and oxygen atoms in total. The van der Waals surface area contributed by atoms with Gasteiger partial charge in [0.2, 0.25) is 0 Å². The predicted octanol–water partition coefficient (Wildman–Crippen LogP) is 5.74. The Balaban J connectivity index is 2.82. The van der Waals surface area contributed by atoms with E-state index in [9.17, 15) is 0 Å². The Morgan fingerprint density at radius 2 is 1.35 bits per heavy atom. The average molecular weight is 292 g/mol. The van der Waals surface area contributed by atoms with Gasteiger partial charge in [-0.3, -0.25) is 0 Å². The fourth-order valence-corrected chi connectivity index (χ4v) is 9.36. The first-order valence-corrected chi connectivity index (χ1v) is 9.48. The second-order valence-corrected chi connectivity index (χ2v) is 11.2. The van der Waals surface area contributed by atoms with E-state index in [-0.39, 0.29) is 0 Å². The van der Waals surface area contributed by atoms with Gasteiger partial charge in [0.15, 0.2) is 0 Å². The van der Waals surface area contributed by atoms with Gasteiger partial charge in [-0.2, -0.15) is 10.2 Å². The smallest absolute Gasteiger partial charge is 0.0577 e. The number of rotatable bonds is 4. The van der Waals surface area contributed by atoms with Crippen LogP contribution in [0.3, 0.4) is 0 Å². The molecule has 0 bridgehead atoms. The van der Waals surface area contributed by atoms with Crippen LogP contribution < -0.4 is 0 Å². The van der Waals surface area contributed by atoms with Crippen LogP contribution in [0.25, 0.3) is 10.9 Å². The van der Waals surface area contributed by atoms with Crippen LogP contribution in [0.2, 0.25) is 0 Å². The molecule has 0 saturated carbocycles. The van der Waals surface area contributed by atoms with E-state index < -0.39 is 10.2 Å². The predicted molar refractivity (Wildman–Crippen MR) is 95.1 cm³/mol. The van der Waals surface area contributed by atoms with E-state index in [1.54, 1.807) is 0 Å². The summed E-state index contributed by atoms with van der Waals surface area (Å²) in [5.41, 5.74) is 2.82. The van der Waals surface area contributed by atoms with Crippen LogP contribution in [0.15, 0.2) is 30.5 Å². The van der Waals surface area contributed by atoms with E-state index in [0.717, 1.165) is 0 Å². The van der Waals surface area contributed by atoms with Crippen LogP contribution in [0.1, 0.15) is 47.1 Å². The minimum Gasteiger partial charge on any atom is -0.309 e. The number of aromatic nitrogens is 1. The van der Waals surface area contributed by atoms with Crippen molar-refractivity contribution in [3.63, 3.8) is 0 Å². The molecule has 0 aliphatic heterocycles. The van der Waals surface area contributed by atoms with Crippen LogP contribution in [-0.4, -0.2) is 19.7 Å². The quantitative estimate of drug-likeness (QED) is 0.676. The molecule has 0 amide bonds. The zero-order chi connectivity index (χ0) is 15.1. The van der Waals surface area contributed by atoms with Gasteiger partial charge in [-0.1, -0.05) is 59.7 Å². The molecule has 2 heteroatoms. The summed E-state index contributed by atoms with van der Waals surface area (Å²) in [6.07, 6.45) is 2.40. The van der Waals surface area contributed by atoms with Crippen molar-refractivity contribution in [3.05, 3.63) is 36.0 Å². The van der Waals surface area contributed by atoms with E-state index in [1.165, 1.54) is 16.5 Å². The van der Waals surface area contributed by atoms with Crippen molar-refractivity contribution >= 4 is 21.1 Å². The summed E-state index contributed by atoms with van der Waals surface area (Å²) in [5, 5.41) is 3.44. The molecule has 0 atom stereocenters. The first-order valence-electron chi connectivity index (χ1n) is 7.70. The third-order valence-corrected chi connectivity index (χ3v) is 10.00.